The van der Waals surface area contributed by atoms with Crippen LogP contribution in [0.2, 0.25) is 0 Å². The number of hydrogen-bond donors (Lipinski definition) is 1. The van der Waals surface area contributed by atoms with Gasteiger partial charge in [0, 0.05) is 0 Å². The zero-order chi connectivity index (χ0) is 14.6. The largest absolute Gasteiger partial charge is 0.492 e. The van der Waals surface area contributed by atoms with Crippen molar-refractivity contribution in [3.05, 3.63) is 28.2 Å². The first-order valence-corrected chi connectivity index (χ1v) is 8.39. The molecular weight excluding hydrogens is 314 g/mol. The highest BCUT2D eigenvalue weighted by Gasteiger charge is 2.16. The number of piperidine rings is 1. The van der Waals surface area contributed by atoms with E-state index in [9.17, 15) is 0 Å². The predicted molar refractivity (Wildman–Crippen MR) is 88.5 cm³/mol. The Morgan fingerprint density at radius 3 is 2.75 bits per heavy atom. The second kappa shape index (κ2) is 6.95. The molecule has 0 bridgehead atoms. The molecule has 0 amide bonds. The molecule has 112 valence electrons. The van der Waals surface area contributed by atoms with E-state index in [1.807, 2.05) is 0 Å². The summed E-state index contributed by atoms with van der Waals surface area (Å²) in [6.45, 7) is 9.81. The van der Waals surface area contributed by atoms with Crippen LogP contribution in [0.1, 0.15) is 45.6 Å². The second-order valence-corrected chi connectivity index (χ2v) is 7.60. The molecule has 2 nitrogen and oxygen atoms in total. The van der Waals surface area contributed by atoms with Gasteiger partial charge in [-0.2, -0.15) is 0 Å². The van der Waals surface area contributed by atoms with Gasteiger partial charge >= 0.3 is 0 Å². The molecule has 1 unspecified atom stereocenters. The molecule has 1 heterocycles. The van der Waals surface area contributed by atoms with Gasteiger partial charge in [0.2, 0.25) is 0 Å². The first kappa shape index (κ1) is 15.8. The fourth-order valence-electron chi connectivity index (χ4n) is 2.59. The zero-order valence-electron chi connectivity index (χ0n) is 12.8. The minimum Gasteiger partial charge on any atom is -0.492 e. The predicted octanol–water partition coefficient (Wildman–Crippen LogP) is 4.52. The van der Waals surface area contributed by atoms with E-state index < -0.39 is 0 Å². The van der Waals surface area contributed by atoms with Crippen LogP contribution in [0.25, 0.3) is 0 Å². The van der Waals surface area contributed by atoms with Crippen molar-refractivity contribution in [2.45, 2.75) is 45.4 Å². The molecule has 20 heavy (non-hydrogen) atoms. The molecule has 1 aliphatic rings. The SMILES string of the molecule is CC(C)(C)c1ccc(OCCC2CCCNC2)c(Br)c1. The smallest absolute Gasteiger partial charge is 0.133 e. The molecule has 1 atom stereocenters. The number of rotatable bonds is 4. The van der Waals surface area contributed by atoms with E-state index in [4.69, 9.17) is 4.74 Å². The van der Waals surface area contributed by atoms with Crippen LogP contribution >= 0.6 is 15.9 Å². The summed E-state index contributed by atoms with van der Waals surface area (Å²) < 4.78 is 6.99. The Morgan fingerprint density at radius 1 is 1.35 bits per heavy atom. The molecular formula is C17H26BrNO. The Morgan fingerprint density at radius 2 is 2.15 bits per heavy atom. The number of halogens is 1. The molecule has 1 aromatic carbocycles. The van der Waals surface area contributed by atoms with Gasteiger partial charge in [0.05, 0.1) is 11.1 Å². The third-order valence-electron chi connectivity index (χ3n) is 3.98. The Labute approximate surface area is 131 Å². The standard InChI is InChI=1S/C17H26BrNO/c1-17(2,3)14-6-7-16(15(18)11-14)20-10-8-13-5-4-9-19-12-13/h6-7,11,13,19H,4-5,8-10,12H2,1-3H3. The summed E-state index contributed by atoms with van der Waals surface area (Å²) in [7, 11) is 0. The monoisotopic (exact) mass is 339 g/mol. The lowest BCUT2D eigenvalue weighted by atomic mass is 9.87. The van der Waals surface area contributed by atoms with Gasteiger partial charge in [-0.1, -0.05) is 26.8 Å². The fraction of sp³-hybridized carbons (Fsp3) is 0.647. The highest BCUT2D eigenvalue weighted by Crippen LogP contribution is 2.31. The number of benzene rings is 1. The van der Waals surface area contributed by atoms with E-state index in [0.717, 1.165) is 35.7 Å². The highest BCUT2D eigenvalue weighted by atomic mass is 79.9. The van der Waals surface area contributed by atoms with E-state index in [0.29, 0.717) is 0 Å². The molecule has 1 fully saturated rings. The van der Waals surface area contributed by atoms with Crippen molar-refractivity contribution in [1.29, 1.82) is 0 Å². The number of hydrogen-bond acceptors (Lipinski definition) is 2. The molecule has 0 aliphatic carbocycles. The minimum absolute atomic E-state index is 0.175. The molecule has 1 saturated heterocycles. The van der Waals surface area contributed by atoms with Crippen LogP contribution in [-0.4, -0.2) is 19.7 Å². The first-order valence-electron chi connectivity index (χ1n) is 7.60. The molecule has 0 saturated carbocycles. The Kier molecular flexibility index (Phi) is 5.50. The third-order valence-corrected chi connectivity index (χ3v) is 4.60. The van der Waals surface area contributed by atoms with Gasteiger partial charge in [-0.3, -0.25) is 0 Å². The van der Waals surface area contributed by atoms with Crippen LogP contribution in [0.15, 0.2) is 22.7 Å². The van der Waals surface area contributed by atoms with Gasteiger partial charge in [0.25, 0.3) is 0 Å². The zero-order valence-corrected chi connectivity index (χ0v) is 14.4. The van der Waals surface area contributed by atoms with Crippen LogP contribution in [0, 0.1) is 5.92 Å². The van der Waals surface area contributed by atoms with E-state index in [1.165, 1.54) is 24.9 Å². The molecule has 2 rings (SSSR count). The maximum atomic E-state index is 5.93. The Hall–Kier alpha value is -0.540. The summed E-state index contributed by atoms with van der Waals surface area (Å²) in [5.41, 5.74) is 1.50. The Bertz CT molecular complexity index is 433. The topological polar surface area (TPSA) is 21.3 Å². The van der Waals surface area contributed by atoms with Gasteiger partial charge in [-0.05, 0) is 77.3 Å². The van der Waals surface area contributed by atoms with Crippen LogP contribution in [0.3, 0.4) is 0 Å². The quantitative estimate of drug-likeness (QED) is 0.870. The number of ether oxygens (including phenoxy) is 1. The maximum Gasteiger partial charge on any atom is 0.133 e. The van der Waals surface area contributed by atoms with Crippen molar-refractivity contribution in [2.24, 2.45) is 5.92 Å². The summed E-state index contributed by atoms with van der Waals surface area (Å²) in [5.74, 6) is 1.73. The maximum absolute atomic E-state index is 5.93. The van der Waals surface area contributed by atoms with Crippen LogP contribution in [0.4, 0.5) is 0 Å². The van der Waals surface area contributed by atoms with E-state index in [-0.39, 0.29) is 5.41 Å². The average Bonchev–Trinajstić information content (AvgIpc) is 2.40. The molecule has 1 aliphatic heterocycles. The van der Waals surface area contributed by atoms with E-state index >= 15 is 0 Å². The Balaban J connectivity index is 1.86. The van der Waals surface area contributed by atoms with Gasteiger partial charge in [0.1, 0.15) is 5.75 Å². The van der Waals surface area contributed by atoms with Gasteiger partial charge in [-0.25, -0.2) is 0 Å². The fourth-order valence-corrected chi connectivity index (χ4v) is 3.08. The highest BCUT2D eigenvalue weighted by molar-refractivity contribution is 9.10. The van der Waals surface area contributed by atoms with Crippen molar-refractivity contribution >= 4 is 15.9 Å². The van der Waals surface area contributed by atoms with E-state index in [2.05, 4.69) is 60.2 Å². The molecule has 3 heteroatoms. The van der Waals surface area contributed by atoms with Gasteiger partial charge in [0.15, 0.2) is 0 Å². The van der Waals surface area contributed by atoms with Crippen molar-refractivity contribution in [2.75, 3.05) is 19.7 Å². The van der Waals surface area contributed by atoms with Crippen LogP contribution in [-0.2, 0) is 5.41 Å². The van der Waals surface area contributed by atoms with Crippen molar-refractivity contribution < 1.29 is 4.74 Å². The summed E-state index contributed by atoms with van der Waals surface area (Å²) in [4.78, 5) is 0. The average molecular weight is 340 g/mol. The lowest BCUT2D eigenvalue weighted by Crippen LogP contribution is -2.30. The van der Waals surface area contributed by atoms with Gasteiger partial charge < -0.3 is 10.1 Å². The summed E-state index contributed by atoms with van der Waals surface area (Å²) in [6.07, 6.45) is 3.77. The normalized spacial score (nSPS) is 19.9. The summed E-state index contributed by atoms with van der Waals surface area (Å²) >= 11 is 3.63. The van der Waals surface area contributed by atoms with E-state index in [1.54, 1.807) is 0 Å². The molecule has 0 radical (unpaired) electrons. The third kappa shape index (κ3) is 4.49. The first-order chi connectivity index (χ1) is 9.47. The van der Waals surface area contributed by atoms with Crippen molar-refractivity contribution in [3.8, 4) is 5.75 Å². The molecule has 0 spiro atoms. The number of nitrogens with one attached hydrogen (secondary N) is 1. The lowest BCUT2D eigenvalue weighted by molar-refractivity contribution is 0.253. The summed E-state index contributed by atoms with van der Waals surface area (Å²) in [5, 5.41) is 3.45. The van der Waals surface area contributed by atoms with Crippen molar-refractivity contribution in [3.63, 3.8) is 0 Å². The molecule has 1 N–H and O–H groups in total. The second-order valence-electron chi connectivity index (χ2n) is 6.74. The minimum atomic E-state index is 0.175. The molecule has 0 aromatic heterocycles. The van der Waals surface area contributed by atoms with Crippen LogP contribution < -0.4 is 10.1 Å². The van der Waals surface area contributed by atoms with Crippen LogP contribution in [0.5, 0.6) is 5.75 Å². The lowest BCUT2D eigenvalue weighted by Gasteiger charge is -2.23. The molecule has 1 aromatic rings. The van der Waals surface area contributed by atoms with Gasteiger partial charge in [-0.15, -0.1) is 0 Å². The summed E-state index contributed by atoms with van der Waals surface area (Å²) in [6, 6.07) is 6.43. The van der Waals surface area contributed by atoms with Crippen molar-refractivity contribution in [1.82, 2.24) is 5.32 Å².